The van der Waals surface area contributed by atoms with Crippen LogP contribution in [-0.2, 0) is 16.0 Å². The van der Waals surface area contributed by atoms with Crippen molar-refractivity contribution in [1.29, 1.82) is 0 Å². The number of halogens is 3. The van der Waals surface area contributed by atoms with Gasteiger partial charge in [0.1, 0.15) is 29.5 Å². The second kappa shape index (κ2) is 14.0. The molecule has 11 heteroatoms. The fourth-order valence-corrected chi connectivity index (χ4v) is 6.00. The summed E-state index contributed by atoms with van der Waals surface area (Å²) in [6.45, 7) is 11.5. The molecule has 2 heterocycles. The molecule has 2 N–H and O–H groups in total. The molecule has 8 nitrogen and oxygen atoms in total. The minimum Gasteiger partial charge on any atom is -0.481 e. The summed E-state index contributed by atoms with van der Waals surface area (Å²) in [5.41, 5.74) is 1.91. The van der Waals surface area contributed by atoms with Crippen molar-refractivity contribution in [3.63, 3.8) is 0 Å². The van der Waals surface area contributed by atoms with Gasteiger partial charge in [-0.25, -0.2) is 13.2 Å². The number of nitrogens with one attached hydrogen (secondary N) is 1. The average Bonchev–Trinajstić information content (AvgIpc) is 2.93. The molecule has 3 aromatic rings. The Bertz CT molecular complexity index is 1630. The SMILES string of the molecule is Cc1cc(-c2c(C)cccc2C)c(F)c(C(CC(=O)O)NC(=O)C(CC(C)C)n2cc(CCN3CC(F)C3)nc(C)c2=O)c1F. The zero-order valence-corrected chi connectivity index (χ0v) is 26.6. The smallest absolute Gasteiger partial charge is 0.305 e. The summed E-state index contributed by atoms with van der Waals surface area (Å²) in [6.07, 6.45) is 0.465. The maximum absolute atomic E-state index is 16.3. The van der Waals surface area contributed by atoms with Gasteiger partial charge in [-0.2, -0.15) is 0 Å². The van der Waals surface area contributed by atoms with Crippen LogP contribution in [0.3, 0.4) is 0 Å². The molecule has 2 unspecified atom stereocenters. The first kappa shape index (κ1) is 33.9. The van der Waals surface area contributed by atoms with E-state index in [2.05, 4.69) is 10.3 Å². The van der Waals surface area contributed by atoms with Gasteiger partial charge in [0, 0.05) is 43.4 Å². The molecule has 1 aliphatic rings. The highest BCUT2D eigenvalue weighted by Gasteiger charge is 2.32. The van der Waals surface area contributed by atoms with Crippen LogP contribution in [0.15, 0.2) is 35.3 Å². The van der Waals surface area contributed by atoms with Crippen molar-refractivity contribution in [3.05, 3.63) is 86.1 Å². The monoisotopic (exact) mass is 626 g/mol. The molecule has 4 rings (SSSR count). The highest BCUT2D eigenvalue weighted by atomic mass is 19.1. The molecule has 2 aromatic carbocycles. The van der Waals surface area contributed by atoms with Crippen molar-refractivity contribution in [2.24, 2.45) is 5.92 Å². The minimum absolute atomic E-state index is 0.0758. The average molecular weight is 627 g/mol. The molecule has 0 spiro atoms. The number of hydrogen-bond acceptors (Lipinski definition) is 5. The second-order valence-corrected chi connectivity index (χ2v) is 12.5. The predicted octanol–water partition coefficient (Wildman–Crippen LogP) is 5.54. The molecule has 1 saturated heterocycles. The number of carboxylic acid groups (broad SMARTS) is 1. The van der Waals surface area contributed by atoms with Gasteiger partial charge in [0.15, 0.2) is 0 Å². The largest absolute Gasteiger partial charge is 0.481 e. The van der Waals surface area contributed by atoms with Gasteiger partial charge in [-0.1, -0.05) is 32.0 Å². The molecule has 0 bridgehead atoms. The Balaban J connectivity index is 1.75. The molecule has 1 aliphatic heterocycles. The minimum atomic E-state index is -1.56. The van der Waals surface area contributed by atoms with Gasteiger partial charge in [0.2, 0.25) is 5.91 Å². The quantitative estimate of drug-likeness (QED) is 0.274. The van der Waals surface area contributed by atoms with E-state index in [1.807, 2.05) is 24.8 Å². The Kier molecular flexibility index (Phi) is 10.5. The molecule has 1 amide bonds. The molecular weight excluding hydrogens is 585 g/mol. The van der Waals surface area contributed by atoms with Crippen molar-refractivity contribution >= 4 is 11.9 Å². The molecular formula is C34H41F3N4O4. The number of carboxylic acids is 1. The van der Waals surface area contributed by atoms with Crippen LogP contribution < -0.4 is 10.9 Å². The number of hydrogen-bond donors (Lipinski definition) is 2. The van der Waals surface area contributed by atoms with E-state index in [4.69, 9.17) is 0 Å². The van der Waals surface area contributed by atoms with Gasteiger partial charge in [0.25, 0.3) is 5.56 Å². The number of aliphatic carboxylic acids is 1. The highest BCUT2D eigenvalue weighted by molar-refractivity contribution is 5.82. The van der Waals surface area contributed by atoms with Crippen molar-refractivity contribution in [3.8, 4) is 11.1 Å². The number of nitrogens with zero attached hydrogens (tertiary/aromatic N) is 3. The summed E-state index contributed by atoms with van der Waals surface area (Å²) in [6, 6.07) is 4.14. The number of carbonyl (C=O) groups is 2. The number of aromatic nitrogens is 2. The summed E-state index contributed by atoms with van der Waals surface area (Å²) < 4.78 is 46.6. The van der Waals surface area contributed by atoms with Gasteiger partial charge in [0.05, 0.1) is 18.2 Å². The van der Waals surface area contributed by atoms with Crippen molar-refractivity contribution < 1.29 is 27.9 Å². The Morgan fingerprint density at radius 1 is 1.07 bits per heavy atom. The highest BCUT2D eigenvalue weighted by Crippen LogP contribution is 2.37. The number of rotatable bonds is 12. The molecule has 1 fully saturated rings. The molecule has 0 saturated carbocycles. The van der Waals surface area contributed by atoms with Gasteiger partial charge in [-0.05, 0) is 68.4 Å². The van der Waals surface area contributed by atoms with Crippen LogP contribution >= 0.6 is 0 Å². The standard InChI is InChI=1S/C34H41F3N4O4/c1-18(2)12-27(41-17-24(38-22(6)34(41)45)10-11-40-15-23(35)16-40)33(44)39-26(14-28(42)43)30-31(36)21(5)13-25(32(30)37)29-19(3)8-7-9-20(29)4/h7-9,13,17-18,23,26-27H,10-12,14-16H2,1-6H3,(H,39,44)(H,42,43). The van der Waals surface area contributed by atoms with Crippen molar-refractivity contribution in [2.45, 2.75) is 79.1 Å². The van der Waals surface area contributed by atoms with E-state index in [1.54, 1.807) is 26.0 Å². The molecule has 2 atom stereocenters. The Labute approximate surface area is 261 Å². The fraction of sp³-hybridized carbons (Fsp3) is 0.471. The zero-order chi connectivity index (χ0) is 33.2. The third-order valence-electron chi connectivity index (χ3n) is 8.28. The summed E-state index contributed by atoms with van der Waals surface area (Å²) in [4.78, 5) is 45.5. The maximum Gasteiger partial charge on any atom is 0.305 e. The summed E-state index contributed by atoms with van der Waals surface area (Å²) in [7, 11) is 0. The lowest BCUT2D eigenvalue weighted by Gasteiger charge is -2.34. The van der Waals surface area contributed by atoms with Gasteiger partial charge < -0.3 is 10.4 Å². The first-order valence-electron chi connectivity index (χ1n) is 15.2. The predicted molar refractivity (Wildman–Crippen MR) is 166 cm³/mol. The molecule has 45 heavy (non-hydrogen) atoms. The molecule has 1 aromatic heterocycles. The van der Waals surface area contributed by atoms with Crippen LogP contribution in [0.4, 0.5) is 13.2 Å². The lowest BCUT2D eigenvalue weighted by molar-refractivity contribution is -0.138. The second-order valence-electron chi connectivity index (χ2n) is 12.5. The van der Waals surface area contributed by atoms with Crippen LogP contribution in [0.5, 0.6) is 0 Å². The van der Waals surface area contributed by atoms with Crippen molar-refractivity contribution in [1.82, 2.24) is 19.8 Å². The third kappa shape index (κ3) is 7.64. The lowest BCUT2D eigenvalue weighted by atomic mass is 9.89. The van der Waals surface area contributed by atoms with E-state index in [-0.39, 0.29) is 29.2 Å². The first-order valence-corrected chi connectivity index (χ1v) is 15.2. The number of amides is 1. The third-order valence-corrected chi connectivity index (χ3v) is 8.28. The van der Waals surface area contributed by atoms with Gasteiger partial charge in [-0.3, -0.25) is 28.8 Å². The summed E-state index contributed by atoms with van der Waals surface area (Å²) in [5.74, 6) is -4.09. The number of benzene rings is 2. The normalized spacial score (nSPS) is 15.2. The Morgan fingerprint density at radius 2 is 1.71 bits per heavy atom. The molecule has 242 valence electrons. The Hall–Kier alpha value is -3.99. The van der Waals surface area contributed by atoms with Crippen LogP contribution in [0.1, 0.15) is 72.4 Å². The summed E-state index contributed by atoms with van der Waals surface area (Å²) in [5, 5.41) is 12.4. The molecule has 0 aliphatic carbocycles. The number of aryl methyl sites for hydroxylation is 4. The van der Waals surface area contributed by atoms with Crippen LogP contribution in [0.25, 0.3) is 11.1 Å². The number of alkyl halides is 1. The van der Waals surface area contributed by atoms with E-state index < -0.39 is 59.3 Å². The van der Waals surface area contributed by atoms with Crippen LogP contribution in [-0.4, -0.2) is 57.2 Å². The lowest BCUT2D eigenvalue weighted by Crippen LogP contribution is -2.49. The topological polar surface area (TPSA) is 105 Å². The fourth-order valence-electron chi connectivity index (χ4n) is 6.00. The maximum atomic E-state index is 16.3. The first-order chi connectivity index (χ1) is 21.2. The van der Waals surface area contributed by atoms with Gasteiger partial charge >= 0.3 is 5.97 Å². The van der Waals surface area contributed by atoms with Crippen molar-refractivity contribution in [2.75, 3.05) is 19.6 Å². The van der Waals surface area contributed by atoms with E-state index in [9.17, 15) is 23.9 Å². The van der Waals surface area contributed by atoms with E-state index in [0.717, 1.165) is 11.1 Å². The number of carbonyl (C=O) groups excluding carboxylic acids is 1. The van der Waals surface area contributed by atoms with Crippen LogP contribution in [0.2, 0.25) is 0 Å². The summed E-state index contributed by atoms with van der Waals surface area (Å²) >= 11 is 0. The number of likely N-dealkylation sites (tertiary alicyclic amines) is 1. The van der Waals surface area contributed by atoms with Gasteiger partial charge in [-0.15, -0.1) is 0 Å². The van der Waals surface area contributed by atoms with E-state index in [1.165, 1.54) is 30.7 Å². The van der Waals surface area contributed by atoms with E-state index in [0.29, 0.717) is 37.3 Å². The zero-order valence-electron chi connectivity index (χ0n) is 26.6. The van der Waals surface area contributed by atoms with E-state index >= 15 is 8.78 Å². The van der Waals surface area contributed by atoms with Crippen LogP contribution in [0, 0.1) is 45.2 Å². The molecule has 0 radical (unpaired) electrons. The Morgan fingerprint density at radius 3 is 2.29 bits per heavy atom.